The normalized spacial score (nSPS) is 14.0. The van der Waals surface area contributed by atoms with Gasteiger partial charge in [0.25, 0.3) is 11.5 Å². The molecule has 6 nitrogen and oxygen atoms in total. The molecule has 0 spiro atoms. The maximum atomic E-state index is 13.2. The zero-order chi connectivity index (χ0) is 19.9. The van der Waals surface area contributed by atoms with Crippen LogP contribution in [-0.2, 0) is 13.0 Å². The summed E-state index contributed by atoms with van der Waals surface area (Å²) in [5, 5.41) is 10.7. The van der Waals surface area contributed by atoms with Crippen molar-refractivity contribution in [2.24, 2.45) is 0 Å². The molecule has 6 heteroatoms. The van der Waals surface area contributed by atoms with Gasteiger partial charge in [-0.25, -0.2) is 4.98 Å². The van der Waals surface area contributed by atoms with Crippen molar-refractivity contribution in [3.05, 3.63) is 56.3 Å². The molecular formula is C21H27N3O3. The Balaban J connectivity index is 2.00. The summed E-state index contributed by atoms with van der Waals surface area (Å²) in [5.74, 6) is 0.738. The topological polar surface area (TPSA) is 86.3 Å². The molecule has 2 aromatic rings. The number of amides is 1. The lowest BCUT2D eigenvalue weighted by molar-refractivity contribution is 0.0727. The van der Waals surface area contributed by atoms with Gasteiger partial charge in [-0.1, -0.05) is 33.8 Å². The summed E-state index contributed by atoms with van der Waals surface area (Å²) < 4.78 is 0. The number of carbonyl (C=O) groups excluding carboxylic acids is 1. The number of aryl methyl sites for hydroxylation is 1. The second-order valence-electron chi connectivity index (χ2n) is 7.87. The van der Waals surface area contributed by atoms with E-state index in [1.807, 2.05) is 19.9 Å². The van der Waals surface area contributed by atoms with Crippen molar-refractivity contribution in [2.75, 3.05) is 6.54 Å². The van der Waals surface area contributed by atoms with Crippen LogP contribution in [-0.4, -0.2) is 32.4 Å². The average molecular weight is 369 g/mol. The van der Waals surface area contributed by atoms with Crippen LogP contribution in [0.25, 0.3) is 0 Å². The summed E-state index contributed by atoms with van der Waals surface area (Å²) in [6.07, 6.45) is 0.464. The van der Waals surface area contributed by atoms with Crippen molar-refractivity contribution in [1.29, 1.82) is 0 Å². The van der Waals surface area contributed by atoms with Gasteiger partial charge < -0.3 is 15.0 Å². The summed E-state index contributed by atoms with van der Waals surface area (Å²) >= 11 is 0. The Morgan fingerprint density at radius 2 is 1.93 bits per heavy atom. The number of fused-ring (bicyclic) bond motifs is 1. The summed E-state index contributed by atoms with van der Waals surface area (Å²) in [6, 6.07) is 3.78. The molecule has 3 rings (SSSR count). The number of nitrogens with zero attached hydrogens (tertiary/aromatic N) is 2. The van der Waals surface area contributed by atoms with E-state index in [1.54, 1.807) is 17.9 Å². The minimum absolute atomic E-state index is 0.0558. The zero-order valence-corrected chi connectivity index (χ0v) is 16.6. The Bertz CT molecular complexity index is 944. The Hall–Kier alpha value is -2.63. The molecule has 0 atom stereocenters. The first-order valence-corrected chi connectivity index (χ1v) is 9.43. The lowest BCUT2D eigenvalue weighted by Crippen LogP contribution is -2.39. The lowest BCUT2D eigenvalue weighted by atomic mass is 9.91. The molecular weight excluding hydrogens is 342 g/mol. The Morgan fingerprint density at radius 3 is 2.56 bits per heavy atom. The van der Waals surface area contributed by atoms with E-state index in [0.29, 0.717) is 35.6 Å². The van der Waals surface area contributed by atoms with Gasteiger partial charge in [-0.05, 0) is 42.4 Å². The van der Waals surface area contributed by atoms with E-state index in [4.69, 9.17) is 0 Å². The molecule has 2 N–H and O–H groups in total. The maximum absolute atomic E-state index is 13.2. The highest BCUT2D eigenvalue weighted by Crippen LogP contribution is 2.34. The molecule has 0 unspecified atom stereocenters. The van der Waals surface area contributed by atoms with E-state index in [-0.39, 0.29) is 35.6 Å². The van der Waals surface area contributed by atoms with E-state index >= 15 is 0 Å². The largest absolute Gasteiger partial charge is 0.507 e. The minimum Gasteiger partial charge on any atom is -0.507 e. The molecule has 0 saturated heterocycles. The summed E-state index contributed by atoms with van der Waals surface area (Å²) in [5.41, 5.74) is 3.30. The number of phenolic OH excluding ortho intramolecular Hbond substituents is 1. The van der Waals surface area contributed by atoms with E-state index < -0.39 is 0 Å². The van der Waals surface area contributed by atoms with Gasteiger partial charge in [-0.2, -0.15) is 0 Å². The Labute approximate surface area is 159 Å². The summed E-state index contributed by atoms with van der Waals surface area (Å²) in [6.45, 7) is 10.6. The maximum Gasteiger partial charge on any atom is 0.257 e. The number of H-pyrrole nitrogens is 1. The third-order valence-electron chi connectivity index (χ3n) is 5.16. The fraction of sp³-hybridized carbons (Fsp3) is 0.476. The minimum atomic E-state index is -0.220. The number of hydrogen-bond acceptors (Lipinski definition) is 4. The average Bonchev–Trinajstić information content (AvgIpc) is 2.60. The van der Waals surface area contributed by atoms with Crippen LogP contribution in [0, 0.1) is 6.92 Å². The molecule has 1 aromatic heterocycles. The number of rotatable bonds is 3. The fourth-order valence-electron chi connectivity index (χ4n) is 3.52. The predicted octanol–water partition coefficient (Wildman–Crippen LogP) is 3.23. The zero-order valence-electron chi connectivity index (χ0n) is 16.6. The number of benzene rings is 1. The summed E-state index contributed by atoms with van der Waals surface area (Å²) in [4.78, 5) is 34.1. The number of aromatic nitrogens is 2. The smallest absolute Gasteiger partial charge is 0.257 e. The van der Waals surface area contributed by atoms with Crippen LogP contribution in [0.15, 0.2) is 16.9 Å². The van der Waals surface area contributed by atoms with Crippen LogP contribution in [0.4, 0.5) is 0 Å². The highest BCUT2D eigenvalue weighted by atomic mass is 16.3. The third kappa shape index (κ3) is 3.61. The van der Waals surface area contributed by atoms with E-state index in [9.17, 15) is 14.7 Å². The van der Waals surface area contributed by atoms with Crippen molar-refractivity contribution in [1.82, 2.24) is 14.9 Å². The van der Waals surface area contributed by atoms with Gasteiger partial charge in [0.15, 0.2) is 0 Å². The van der Waals surface area contributed by atoms with Crippen LogP contribution in [0.1, 0.15) is 78.1 Å². The number of aromatic hydroxyl groups is 1. The molecule has 0 bridgehead atoms. The monoisotopic (exact) mass is 369 g/mol. The van der Waals surface area contributed by atoms with E-state index in [2.05, 4.69) is 23.8 Å². The summed E-state index contributed by atoms with van der Waals surface area (Å²) in [7, 11) is 0. The number of phenols is 1. The molecule has 0 saturated carbocycles. The van der Waals surface area contributed by atoms with Crippen molar-refractivity contribution >= 4 is 5.91 Å². The third-order valence-corrected chi connectivity index (χ3v) is 5.16. The predicted molar refractivity (Wildman–Crippen MR) is 104 cm³/mol. The van der Waals surface area contributed by atoms with Gasteiger partial charge in [0.1, 0.15) is 11.6 Å². The molecule has 1 aliphatic rings. The van der Waals surface area contributed by atoms with E-state index in [0.717, 1.165) is 11.1 Å². The first kappa shape index (κ1) is 19.1. The SMILES string of the molecule is Cc1nc2c(c(=O)[nH]1)CCN(C(=O)c1cc(C(C)C)cc(C(C)C)c1O)C2. The van der Waals surface area contributed by atoms with Crippen molar-refractivity contribution in [2.45, 2.75) is 59.4 Å². The van der Waals surface area contributed by atoms with Crippen LogP contribution < -0.4 is 5.56 Å². The van der Waals surface area contributed by atoms with Gasteiger partial charge in [0.05, 0.1) is 17.8 Å². The van der Waals surface area contributed by atoms with Gasteiger partial charge in [0, 0.05) is 12.1 Å². The first-order chi connectivity index (χ1) is 12.7. The Kier molecular flexibility index (Phi) is 5.09. The highest BCUT2D eigenvalue weighted by molar-refractivity contribution is 5.97. The molecule has 1 aromatic carbocycles. The standard InChI is InChI=1S/C21H27N3O3/c1-11(2)14-8-16(12(3)4)19(25)17(9-14)21(27)24-7-6-15-18(10-24)22-13(5)23-20(15)26/h8-9,11-12,25H,6-7,10H2,1-5H3,(H,22,23,26). The number of aromatic amines is 1. The van der Waals surface area contributed by atoms with Gasteiger partial charge in [-0.15, -0.1) is 0 Å². The van der Waals surface area contributed by atoms with Gasteiger partial charge in [0.2, 0.25) is 0 Å². The highest BCUT2D eigenvalue weighted by Gasteiger charge is 2.28. The molecule has 1 amide bonds. The van der Waals surface area contributed by atoms with Crippen LogP contribution >= 0.6 is 0 Å². The van der Waals surface area contributed by atoms with Crippen molar-refractivity contribution in [3.63, 3.8) is 0 Å². The van der Waals surface area contributed by atoms with Gasteiger partial charge >= 0.3 is 0 Å². The number of carbonyl (C=O) groups is 1. The number of nitrogens with one attached hydrogen (secondary N) is 1. The molecule has 0 fully saturated rings. The molecule has 2 heterocycles. The van der Waals surface area contributed by atoms with Crippen LogP contribution in [0.5, 0.6) is 5.75 Å². The molecule has 27 heavy (non-hydrogen) atoms. The van der Waals surface area contributed by atoms with Crippen molar-refractivity contribution in [3.8, 4) is 5.75 Å². The van der Waals surface area contributed by atoms with Crippen LogP contribution in [0.2, 0.25) is 0 Å². The fourth-order valence-corrected chi connectivity index (χ4v) is 3.52. The molecule has 144 valence electrons. The number of hydrogen-bond donors (Lipinski definition) is 2. The Morgan fingerprint density at radius 1 is 1.22 bits per heavy atom. The second-order valence-corrected chi connectivity index (χ2v) is 7.87. The molecule has 1 aliphatic heterocycles. The first-order valence-electron chi connectivity index (χ1n) is 9.43. The van der Waals surface area contributed by atoms with Crippen molar-refractivity contribution < 1.29 is 9.90 Å². The van der Waals surface area contributed by atoms with Crippen LogP contribution in [0.3, 0.4) is 0 Å². The lowest BCUT2D eigenvalue weighted by Gasteiger charge is -2.29. The molecule has 0 aliphatic carbocycles. The quantitative estimate of drug-likeness (QED) is 0.870. The van der Waals surface area contributed by atoms with E-state index in [1.165, 1.54) is 0 Å². The second kappa shape index (κ2) is 7.18. The molecule has 0 radical (unpaired) electrons. The van der Waals surface area contributed by atoms with Gasteiger partial charge in [-0.3, -0.25) is 9.59 Å².